The Morgan fingerprint density at radius 3 is 1.69 bits per heavy atom. The number of carboxylic acids is 1. The van der Waals surface area contributed by atoms with Gasteiger partial charge in [0.25, 0.3) is 0 Å². The fourth-order valence-corrected chi connectivity index (χ4v) is 2.89. The molecule has 2 N–H and O–H groups in total. The number of rotatable bonds is 16. The fraction of sp³-hybridized carbons (Fsp3) is 0.955. The van der Waals surface area contributed by atoms with Gasteiger partial charge < -0.3 is 10.4 Å². The first kappa shape index (κ1) is 27.6. The third-order valence-corrected chi connectivity index (χ3v) is 5.04. The van der Waals surface area contributed by atoms with E-state index in [0.717, 1.165) is 5.92 Å². The van der Waals surface area contributed by atoms with Gasteiger partial charge in [0.1, 0.15) is 6.04 Å². The number of hydrogen-bond acceptors (Lipinski definition) is 3. The van der Waals surface area contributed by atoms with E-state index in [0.29, 0.717) is 0 Å². The van der Waals surface area contributed by atoms with Gasteiger partial charge in [-0.15, -0.1) is 0 Å². The minimum absolute atomic E-state index is 0.380. The highest BCUT2D eigenvalue weighted by molar-refractivity contribution is 5.72. The molecule has 0 aromatic carbocycles. The third-order valence-electron chi connectivity index (χ3n) is 5.04. The minimum atomic E-state index is -0.782. The first-order valence-corrected chi connectivity index (χ1v) is 10.9. The van der Waals surface area contributed by atoms with Gasteiger partial charge in [0.2, 0.25) is 0 Å². The molecule has 0 saturated heterocycles. The number of unbranched alkanes of at least 4 members (excludes halogenated alkanes) is 8. The predicted octanol–water partition coefficient (Wildman–Crippen LogP) is 5.56. The van der Waals surface area contributed by atoms with Crippen LogP contribution in [0.3, 0.4) is 0 Å². The molecule has 4 nitrogen and oxygen atoms in total. The molecule has 0 heterocycles. The van der Waals surface area contributed by atoms with E-state index >= 15 is 0 Å². The van der Waals surface area contributed by atoms with E-state index in [9.17, 15) is 4.79 Å². The number of hydrogen-bond donors (Lipinski definition) is 2. The van der Waals surface area contributed by atoms with Gasteiger partial charge in [-0.3, -0.25) is 9.69 Å². The molecule has 0 rings (SSSR count). The predicted molar refractivity (Wildman–Crippen MR) is 115 cm³/mol. The van der Waals surface area contributed by atoms with Crippen molar-refractivity contribution in [3.05, 3.63) is 0 Å². The Bertz CT molecular complexity index is 296. The van der Waals surface area contributed by atoms with Crippen LogP contribution in [0.1, 0.15) is 97.8 Å². The fourth-order valence-electron chi connectivity index (χ4n) is 2.89. The second kappa shape index (κ2) is 20.7. The van der Waals surface area contributed by atoms with Crippen LogP contribution in [0.15, 0.2) is 0 Å². The Morgan fingerprint density at radius 1 is 0.885 bits per heavy atom. The first-order valence-electron chi connectivity index (χ1n) is 10.9. The normalized spacial score (nSPS) is 13.2. The standard InChI is InChI=1S/C17H37N.C5H11NO2/c1-4-14-17(2)15-12-10-8-6-5-7-9-11-13-16-18-3;1-4(5(7)8)6(2)3/h17-18H,4-16H2,1-3H3;4H,1-3H3,(H,7,8). The second-order valence-electron chi connectivity index (χ2n) is 7.95. The summed E-state index contributed by atoms with van der Waals surface area (Å²) in [6.45, 7) is 7.54. The van der Waals surface area contributed by atoms with Gasteiger partial charge in [-0.1, -0.05) is 84.5 Å². The molecule has 0 amide bonds. The minimum Gasteiger partial charge on any atom is -0.480 e. The summed E-state index contributed by atoms with van der Waals surface area (Å²) in [5.41, 5.74) is 0. The topological polar surface area (TPSA) is 52.6 Å². The van der Waals surface area contributed by atoms with Gasteiger partial charge in [-0.25, -0.2) is 0 Å². The molecule has 0 aliphatic heterocycles. The molecular formula is C22H48N2O2. The molecule has 158 valence electrons. The average Bonchev–Trinajstić information content (AvgIpc) is 2.59. The Kier molecular flexibility index (Phi) is 22.0. The summed E-state index contributed by atoms with van der Waals surface area (Å²) in [7, 11) is 5.51. The van der Waals surface area contributed by atoms with Crippen molar-refractivity contribution in [3.8, 4) is 0 Å². The van der Waals surface area contributed by atoms with Crippen molar-refractivity contribution in [1.29, 1.82) is 0 Å². The molecule has 4 heteroatoms. The van der Waals surface area contributed by atoms with Crippen molar-refractivity contribution < 1.29 is 9.90 Å². The third kappa shape index (κ3) is 21.4. The van der Waals surface area contributed by atoms with E-state index in [1.807, 2.05) is 7.05 Å². The summed E-state index contributed by atoms with van der Waals surface area (Å²) in [6.07, 6.45) is 17.2. The molecule has 0 radical (unpaired) electrons. The molecule has 0 aliphatic rings. The Morgan fingerprint density at radius 2 is 1.35 bits per heavy atom. The zero-order valence-corrected chi connectivity index (χ0v) is 18.6. The Balaban J connectivity index is 0. The van der Waals surface area contributed by atoms with E-state index in [1.165, 1.54) is 83.6 Å². The summed E-state index contributed by atoms with van der Waals surface area (Å²) >= 11 is 0. The maximum Gasteiger partial charge on any atom is 0.320 e. The summed E-state index contributed by atoms with van der Waals surface area (Å²) < 4.78 is 0. The maximum atomic E-state index is 10.1. The molecule has 0 spiro atoms. The lowest BCUT2D eigenvalue weighted by Gasteiger charge is -2.13. The van der Waals surface area contributed by atoms with Crippen LogP contribution in [-0.4, -0.2) is 49.7 Å². The van der Waals surface area contributed by atoms with Crippen LogP contribution in [0.2, 0.25) is 0 Å². The van der Waals surface area contributed by atoms with Gasteiger partial charge in [-0.05, 0) is 47.0 Å². The maximum absolute atomic E-state index is 10.1. The smallest absolute Gasteiger partial charge is 0.320 e. The number of likely N-dealkylation sites (N-methyl/N-ethyl adjacent to an activating group) is 1. The molecule has 0 aliphatic carbocycles. The van der Waals surface area contributed by atoms with Crippen LogP contribution >= 0.6 is 0 Å². The molecule has 0 aromatic heterocycles. The zero-order chi connectivity index (χ0) is 20.2. The van der Waals surface area contributed by atoms with Crippen LogP contribution in [0.5, 0.6) is 0 Å². The molecule has 0 bridgehead atoms. The van der Waals surface area contributed by atoms with Crippen LogP contribution in [0.25, 0.3) is 0 Å². The average molecular weight is 373 g/mol. The van der Waals surface area contributed by atoms with Gasteiger partial charge in [0.05, 0.1) is 0 Å². The lowest BCUT2D eigenvalue weighted by atomic mass is 9.98. The molecule has 2 atom stereocenters. The Labute approximate surface area is 164 Å². The van der Waals surface area contributed by atoms with E-state index in [-0.39, 0.29) is 6.04 Å². The van der Waals surface area contributed by atoms with Gasteiger partial charge >= 0.3 is 5.97 Å². The summed E-state index contributed by atoms with van der Waals surface area (Å²) in [6, 6.07) is -0.380. The van der Waals surface area contributed by atoms with Gasteiger partial charge in [0.15, 0.2) is 0 Å². The zero-order valence-electron chi connectivity index (χ0n) is 18.6. The highest BCUT2D eigenvalue weighted by atomic mass is 16.4. The highest BCUT2D eigenvalue weighted by Crippen LogP contribution is 2.16. The van der Waals surface area contributed by atoms with Crippen molar-refractivity contribution in [2.24, 2.45) is 5.92 Å². The molecule has 0 saturated carbocycles. The molecular weight excluding hydrogens is 324 g/mol. The van der Waals surface area contributed by atoms with Crippen molar-refractivity contribution in [1.82, 2.24) is 10.2 Å². The van der Waals surface area contributed by atoms with E-state index in [1.54, 1.807) is 25.9 Å². The quantitative estimate of drug-likeness (QED) is 0.348. The summed E-state index contributed by atoms with van der Waals surface area (Å²) in [4.78, 5) is 11.7. The Hall–Kier alpha value is -0.610. The van der Waals surface area contributed by atoms with Crippen molar-refractivity contribution in [2.45, 2.75) is 104 Å². The van der Waals surface area contributed by atoms with Crippen LogP contribution < -0.4 is 5.32 Å². The van der Waals surface area contributed by atoms with Crippen molar-refractivity contribution in [2.75, 3.05) is 27.7 Å². The monoisotopic (exact) mass is 372 g/mol. The summed E-state index contributed by atoms with van der Waals surface area (Å²) in [5, 5.41) is 11.5. The molecule has 0 fully saturated rings. The van der Waals surface area contributed by atoms with Gasteiger partial charge in [0, 0.05) is 0 Å². The van der Waals surface area contributed by atoms with E-state index < -0.39 is 5.97 Å². The van der Waals surface area contributed by atoms with E-state index in [2.05, 4.69) is 19.2 Å². The molecule has 0 aromatic rings. The largest absolute Gasteiger partial charge is 0.480 e. The van der Waals surface area contributed by atoms with Crippen LogP contribution in [-0.2, 0) is 4.79 Å². The number of carbonyl (C=O) groups is 1. The van der Waals surface area contributed by atoms with Gasteiger partial charge in [-0.2, -0.15) is 0 Å². The SMILES string of the molecule is CC(C(=O)O)N(C)C.CCCC(C)CCCCCCCCCCCNC. The lowest BCUT2D eigenvalue weighted by Crippen LogP contribution is -2.32. The first-order chi connectivity index (χ1) is 12.4. The number of aliphatic carboxylic acids is 1. The molecule has 26 heavy (non-hydrogen) atoms. The highest BCUT2D eigenvalue weighted by Gasteiger charge is 2.11. The number of carboxylic acid groups (broad SMARTS) is 1. The van der Waals surface area contributed by atoms with Crippen molar-refractivity contribution in [3.63, 3.8) is 0 Å². The van der Waals surface area contributed by atoms with Crippen LogP contribution in [0.4, 0.5) is 0 Å². The summed E-state index contributed by atoms with van der Waals surface area (Å²) in [5.74, 6) is 0.178. The number of nitrogens with zero attached hydrogens (tertiary/aromatic N) is 1. The lowest BCUT2D eigenvalue weighted by molar-refractivity contribution is -0.141. The second-order valence-corrected chi connectivity index (χ2v) is 7.95. The molecule has 2 unspecified atom stereocenters. The van der Waals surface area contributed by atoms with E-state index in [4.69, 9.17) is 5.11 Å². The van der Waals surface area contributed by atoms with Crippen LogP contribution in [0, 0.1) is 5.92 Å². The number of nitrogens with one attached hydrogen (secondary N) is 1. The van der Waals surface area contributed by atoms with Crippen molar-refractivity contribution >= 4 is 5.97 Å².